The van der Waals surface area contributed by atoms with Gasteiger partial charge in [-0.05, 0) is 25.0 Å². The third-order valence-corrected chi connectivity index (χ3v) is 2.21. The summed E-state index contributed by atoms with van der Waals surface area (Å²) in [6, 6.07) is 1.88. The zero-order valence-electron chi connectivity index (χ0n) is 8.24. The van der Waals surface area contributed by atoms with Crippen LogP contribution in [0.2, 0.25) is 5.02 Å². The van der Waals surface area contributed by atoms with Crippen molar-refractivity contribution in [3.8, 4) is 0 Å². The minimum absolute atomic E-state index is 0.00477. The van der Waals surface area contributed by atoms with Gasteiger partial charge in [0, 0.05) is 25.0 Å². The Morgan fingerprint density at radius 1 is 1.64 bits per heavy atom. The summed E-state index contributed by atoms with van der Waals surface area (Å²) in [6.45, 7) is 3.21. The van der Waals surface area contributed by atoms with E-state index in [-0.39, 0.29) is 6.04 Å². The number of rotatable bonds is 5. The molecule has 14 heavy (non-hydrogen) atoms. The first-order valence-corrected chi connectivity index (χ1v) is 5.03. The topological polar surface area (TPSA) is 48.1 Å². The molecule has 4 heteroatoms. The molecule has 0 bridgehead atoms. The van der Waals surface area contributed by atoms with Crippen LogP contribution in [0.3, 0.4) is 0 Å². The van der Waals surface area contributed by atoms with Crippen LogP contribution >= 0.6 is 11.6 Å². The lowest BCUT2D eigenvalue weighted by Crippen LogP contribution is -2.28. The average Bonchev–Trinajstić information content (AvgIpc) is 2.18. The molecule has 1 aromatic rings. The van der Waals surface area contributed by atoms with Crippen LogP contribution < -0.4 is 5.73 Å². The highest BCUT2D eigenvalue weighted by atomic mass is 35.5. The number of aromatic nitrogens is 1. The second-order valence-electron chi connectivity index (χ2n) is 3.09. The Bertz CT molecular complexity index is 281. The van der Waals surface area contributed by atoms with Crippen LogP contribution in [0, 0.1) is 0 Å². The van der Waals surface area contributed by atoms with Crippen LogP contribution in [-0.2, 0) is 11.2 Å². The van der Waals surface area contributed by atoms with E-state index in [4.69, 9.17) is 22.1 Å². The van der Waals surface area contributed by atoms with Crippen molar-refractivity contribution in [2.45, 2.75) is 19.4 Å². The van der Waals surface area contributed by atoms with Gasteiger partial charge in [0.25, 0.3) is 0 Å². The zero-order chi connectivity index (χ0) is 10.4. The Hall–Kier alpha value is -0.640. The molecule has 0 amide bonds. The molecule has 78 valence electrons. The summed E-state index contributed by atoms with van der Waals surface area (Å²) < 4.78 is 5.22. The van der Waals surface area contributed by atoms with E-state index in [1.807, 2.05) is 13.0 Å². The van der Waals surface area contributed by atoms with E-state index >= 15 is 0 Å². The second kappa shape index (κ2) is 5.96. The van der Waals surface area contributed by atoms with Gasteiger partial charge in [-0.1, -0.05) is 11.6 Å². The molecule has 1 atom stereocenters. The van der Waals surface area contributed by atoms with E-state index in [1.165, 1.54) is 0 Å². The highest BCUT2D eigenvalue weighted by Gasteiger charge is 2.06. The van der Waals surface area contributed by atoms with Crippen molar-refractivity contribution < 1.29 is 4.74 Å². The van der Waals surface area contributed by atoms with Gasteiger partial charge < -0.3 is 10.5 Å². The maximum atomic E-state index is 5.94. The molecule has 1 rings (SSSR count). The molecular weight excluding hydrogens is 200 g/mol. The first-order chi connectivity index (χ1) is 6.74. The number of nitrogens with zero attached hydrogens (tertiary/aromatic N) is 1. The summed E-state index contributed by atoms with van der Waals surface area (Å²) in [7, 11) is 0. The Kier molecular flexibility index (Phi) is 4.87. The van der Waals surface area contributed by atoms with Crippen LogP contribution in [0.5, 0.6) is 0 Å². The quantitative estimate of drug-likeness (QED) is 0.811. The summed E-state index contributed by atoms with van der Waals surface area (Å²) in [6.07, 6.45) is 4.07. The normalized spacial score (nSPS) is 12.8. The predicted molar refractivity (Wildman–Crippen MR) is 57.4 cm³/mol. The lowest BCUT2D eigenvalue weighted by atomic mass is 10.1. The fourth-order valence-corrected chi connectivity index (χ4v) is 1.38. The summed E-state index contributed by atoms with van der Waals surface area (Å²) in [4.78, 5) is 3.91. The van der Waals surface area contributed by atoms with E-state index < -0.39 is 0 Å². The van der Waals surface area contributed by atoms with E-state index in [9.17, 15) is 0 Å². The summed E-state index contributed by atoms with van der Waals surface area (Å²) in [5.41, 5.74) is 6.88. The Labute approximate surface area is 89.2 Å². The molecule has 0 spiro atoms. The van der Waals surface area contributed by atoms with Crippen molar-refractivity contribution >= 4 is 11.6 Å². The molecule has 1 aromatic heterocycles. The molecule has 0 aliphatic carbocycles. The second-order valence-corrected chi connectivity index (χ2v) is 3.50. The molecule has 1 unspecified atom stereocenters. The Morgan fingerprint density at radius 2 is 2.43 bits per heavy atom. The van der Waals surface area contributed by atoms with E-state index in [0.717, 1.165) is 12.0 Å². The smallest absolute Gasteiger partial charge is 0.0621 e. The molecule has 0 saturated heterocycles. The molecule has 1 heterocycles. The third-order valence-electron chi connectivity index (χ3n) is 1.87. The monoisotopic (exact) mass is 214 g/mol. The molecule has 0 aromatic carbocycles. The zero-order valence-corrected chi connectivity index (χ0v) is 9.00. The number of hydrogen-bond acceptors (Lipinski definition) is 3. The van der Waals surface area contributed by atoms with Crippen molar-refractivity contribution in [2.24, 2.45) is 5.73 Å². The molecular formula is C10H15ClN2O. The van der Waals surface area contributed by atoms with Crippen LogP contribution in [0.25, 0.3) is 0 Å². The Balaban J connectivity index is 2.47. The fourth-order valence-electron chi connectivity index (χ4n) is 1.18. The molecule has 0 saturated carbocycles. The SMILES string of the molecule is CCOCC(N)Cc1ccncc1Cl. The first-order valence-electron chi connectivity index (χ1n) is 4.65. The lowest BCUT2D eigenvalue weighted by Gasteiger charge is -2.11. The summed E-state index contributed by atoms with van der Waals surface area (Å²) >= 11 is 5.94. The Morgan fingerprint density at radius 3 is 3.07 bits per heavy atom. The number of ether oxygens (including phenoxy) is 1. The maximum absolute atomic E-state index is 5.94. The predicted octanol–water partition coefficient (Wildman–Crippen LogP) is 1.64. The highest BCUT2D eigenvalue weighted by molar-refractivity contribution is 6.31. The maximum Gasteiger partial charge on any atom is 0.0621 e. The summed E-state index contributed by atoms with van der Waals surface area (Å²) in [5, 5.41) is 0.666. The molecule has 0 aliphatic heterocycles. The van der Waals surface area contributed by atoms with Crippen LogP contribution in [-0.4, -0.2) is 24.2 Å². The van der Waals surface area contributed by atoms with Crippen molar-refractivity contribution in [2.75, 3.05) is 13.2 Å². The van der Waals surface area contributed by atoms with Crippen LogP contribution in [0.15, 0.2) is 18.5 Å². The van der Waals surface area contributed by atoms with Gasteiger partial charge in [-0.25, -0.2) is 0 Å². The molecule has 0 fully saturated rings. The molecule has 0 aliphatic rings. The van der Waals surface area contributed by atoms with Crippen molar-refractivity contribution in [3.05, 3.63) is 29.0 Å². The summed E-state index contributed by atoms with van der Waals surface area (Å²) in [5.74, 6) is 0. The minimum atomic E-state index is -0.00477. The standard InChI is InChI=1S/C10H15ClN2O/c1-2-14-7-9(12)5-8-3-4-13-6-10(8)11/h3-4,6,9H,2,5,7,12H2,1H3. The van der Waals surface area contributed by atoms with Crippen molar-refractivity contribution in [3.63, 3.8) is 0 Å². The van der Waals surface area contributed by atoms with Gasteiger partial charge in [0.2, 0.25) is 0 Å². The third kappa shape index (κ3) is 3.62. The van der Waals surface area contributed by atoms with E-state index in [1.54, 1.807) is 12.4 Å². The van der Waals surface area contributed by atoms with Gasteiger partial charge in [-0.3, -0.25) is 4.98 Å². The van der Waals surface area contributed by atoms with Crippen LogP contribution in [0.4, 0.5) is 0 Å². The highest BCUT2D eigenvalue weighted by Crippen LogP contribution is 2.14. The minimum Gasteiger partial charge on any atom is -0.380 e. The van der Waals surface area contributed by atoms with Gasteiger partial charge in [0.1, 0.15) is 0 Å². The van der Waals surface area contributed by atoms with E-state index in [0.29, 0.717) is 18.2 Å². The van der Waals surface area contributed by atoms with Gasteiger partial charge in [-0.15, -0.1) is 0 Å². The van der Waals surface area contributed by atoms with Gasteiger partial charge in [-0.2, -0.15) is 0 Å². The lowest BCUT2D eigenvalue weighted by molar-refractivity contribution is 0.133. The largest absolute Gasteiger partial charge is 0.380 e. The van der Waals surface area contributed by atoms with Gasteiger partial charge in [0.15, 0.2) is 0 Å². The molecule has 0 radical (unpaired) electrons. The average molecular weight is 215 g/mol. The van der Waals surface area contributed by atoms with E-state index in [2.05, 4.69) is 4.98 Å². The van der Waals surface area contributed by atoms with Gasteiger partial charge >= 0.3 is 0 Å². The van der Waals surface area contributed by atoms with Crippen LogP contribution in [0.1, 0.15) is 12.5 Å². The van der Waals surface area contributed by atoms with Crippen molar-refractivity contribution in [1.29, 1.82) is 0 Å². The number of pyridine rings is 1. The first kappa shape index (κ1) is 11.4. The number of hydrogen-bond donors (Lipinski definition) is 1. The van der Waals surface area contributed by atoms with Gasteiger partial charge in [0.05, 0.1) is 11.6 Å². The molecule has 2 N–H and O–H groups in total. The molecule has 3 nitrogen and oxygen atoms in total. The van der Waals surface area contributed by atoms with Crippen molar-refractivity contribution in [1.82, 2.24) is 4.98 Å². The fraction of sp³-hybridized carbons (Fsp3) is 0.500. The number of nitrogens with two attached hydrogens (primary N) is 1. The number of halogens is 1.